The molecular formula is C13H18ClNO2. The van der Waals surface area contributed by atoms with E-state index in [4.69, 9.17) is 16.3 Å². The van der Waals surface area contributed by atoms with E-state index in [1.807, 2.05) is 24.3 Å². The van der Waals surface area contributed by atoms with Crippen LogP contribution in [0.25, 0.3) is 0 Å². The summed E-state index contributed by atoms with van der Waals surface area (Å²) in [4.78, 5) is 13.6. The number of methoxy groups -OCH3 is 1. The van der Waals surface area contributed by atoms with E-state index in [0.29, 0.717) is 0 Å². The maximum absolute atomic E-state index is 12.0. The first-order valence-corrected chi connectivity index (χ1v) is 6.07. The minimum Gasteiger partial charge on any atom is -0.364 e. The van der Waals surface area contributed by atoms with Gasteiger partial charge in [-0.2, -0.15) is 0 Å². The molecule has 0 spiro atoms. The molecule has 0 fully saturated rings. The number of amides is 1. The van der Waals surface area contributed by atoms with Gasteiger partial charge in [-0.15, -0.1) is 11.6 Å². The molecule has 4 heteroatoms. The average molecular weight is 256 g/mol. The smallest absolute Gasteiger partial charge is 0.246 e. The van der Waals surface area contributed by atoms with Crippen molar-refractivity contribution >= 4 is 23.2 Å². The Morgan fingerprint density at radius 1 is 1.47 bits per heavy atom. The summed E-state index contributed by atoms with van der Waals surface area (Å²) in [6, 6.07) is 7.78. The Hall–Kier alpha value is -1.06. The Morgan fingerprint density at radius 2 is 2.12 bits per heavy atom. The third kappa shape index (κ3) is 3.45. The number of aryl methyl sites for hydroxylation is 1. The molecule has 1 aromatic rings. The molecule has 1 amide bonds. The van der Waals surface area contributed by atoms with Crippen LogP contribution in [-0.2, 0) is 16.0 Å². The van der Waals surface area contributed by atoms with Gasteiger partial charge < -0.3 is 4.74 Å². The van der Waals surface area contributed by atoms with E-state index in [1.54, 1.807) is 18.9 Å². The molecule has 3 nitrogen and oxygen atoms in total. The molecule has 0 heterocycles. The van der Waals surface area contributed by atoms with Crippen molar-refractivity contribution < 1.29 is 9.53 Å². The van der Waals surface area contributed by atoms with Crippen molar-refractivity contribution in [2.75, 3.05) is 18.7 Å². The quantitative estimate of drug-likeness (QED) is 0.598. The minimum absolute atomic E-state index is 0.144. The predicted octanol–water partition coefficient (Wildman–Crippen LogP) is 2.81. The molecule has 1 aromatic carbocycles. The van der Waals surface area contributed by atoms with E-state index >= 15 is 0 Å². The van der Waals surface area contributed by atoms with Crippen LogP contribution in [0.15, 0.2) is 24.3 Å². The van der Waals surface area contributed by atoms with Crippen molar-refractivity contribution in [2.45, 2.75) is 25.6 Å². The molecule has 0 aliphatic carbocycles. The lowest BCUT2D eigenvalue weighted by Gasteiger charge is -2.25. The van der Waals surface area contributed by atoms with Gasteiger partial charge in [0.05, 0.1) is 0 Å². The van der Waals surface area contributed by atoms with E-state index in [0.717, 1.165) is 17.7 Å². The summed E-state index contributed by atoms with van der Waals surface area (Å²) >= 11 is 5.86. The number of hydrogen-bond acceptors (Lipinski definition) is 2. The number of ether oxygens (including phenoxy) is 1. The fraction of sp³-hybridized carbons (Fsp3) is 0.462. The van der Waals surface area contributed by atoms with Gasteiger partial charge in [0, 0.05) is 12.8 Å². The maximum Gasteiger partial charge on any atom is 0.246 e. The molecular weight excluding hydrogens is 238 g/mol. The number of nitrogens with zero attached hydrogens (tertiary/aromatic N) is 1. The average Bonchev–Trinajstić information content (AvgIpc) is 2.35. The summed E-state index contributed by atoms with van der Waals surface area (Å²) < 4.78 is 5.08. The fourth-order valence-electron chi connectivity index (χ4n) is 1.67. The number of para-hydroxylation sites is 1. The Balaban J connectivity index is 3.08. The van der Waals surface area contributed by atoms with E-state index in [1.165, 1.54) is 0 Å². The summed E-state index contributed by atoms with van der Waals surface area (Å²) in [6.45, 7) is 3.94. The second-order valence-electron chi connectivity index (χ2n) is 3.78. The molecule has 0 N–H and O–H groups in total. The van der Waals surface area contributed by atoms with Crippen LogP contribution in [0.2, 0.25) is 0 Å². The van der Waals surface area contributed by atoms with Crippen LogP contribution in [-0.4, -0.2) is 25.1 Å². The number of benzene rings is 1. The number of carbonyl (C=O) groups is 1. The summed E-state index contributed by atoms with van der Waals surface area (Å²) in [6.07, 6.45) is 0.861. The van der Waals surface area contributed by atoms with Gasteiger partial charge >= 0.3 is 0 Å². The molecule has 94 valence electrons. The first-order valence-electron chi connectivity index (χ1n) is 5.64. The fourth-order valence-corrected chi connectivity index (χ4v) is 1.79. The highest BCUT2D eigenvalue weighted by Gasteiger charge is 2.21. The molecule has 0 saturated carbocycles. The number of alkyl halides is 1. The van der Waals surface area contributed by atoms with E-state index in [2.05, 4.69) is 6.92 Å². The molecule has 1 rings (SSSR count). The Labute approximate surface area is 107 Å². The molecule has 0 saturated heterocycles. The van der Waals surface area contributed by atoms with Crippen molar-refractivity contribution in [1.82, 2.24) is 0 Å². The van der Waals surface area contributed by atoms with E-state index < -0.39 is 5.38 Å². The number of rotatable bonds is 5. The monoisotopic (exact) mass is 255 g/mol. The van der Waals surface area contributed by atoms with Crippen LogP contribution >= 0.6 is 11.6 Å². The van der Waals surface area contributed by atoms with Crippen molar-refractivity contribution in [3.63, 3.8) is 0 Å². The Morgan fingerprint density at radius 3 is 2.65 bits per heavy atom. The van der Waals surface area contributed by atoms with Gasteiger partial charge in [0.2, 0.25) is 5.91 Å². The molecule has 1 unspecified atom stereocenters. The van der Waals surface area contributed by atoms with Gasteiger partial charge in [0.25, 0.3) is 0 Å². The molecule has 0 aliphatic heterocycles. The third-order valence-corrected chi connectivity index (χ3v) is 2.71. The van der Waals surface area contributed by atoms with Crippen LogP contribution in [0.1, 0.15) is 19.4 Å². The van der Waals surface area contributed by atoms with Gasteiger partial charge in [0.1, 0.15) is 12.1 Å². The molecule has 0 radical (unpaired) electrons. The zero-order valence-electron chi connectivity index (χ0n) is 10.4. The van der Waals surface area contributed by atoms with Crippen LogP contribution in [0.5, 0.6) is 0 Å². The first kappa shape index (κ1) is 14.0. The lowest BCUT2D eigenvalue weighted by molar-refractivity contribution is -0.119. The zero-order chi connectivity index (χ0) is 12.8. The Bertz CT molecular complexity index is 379. The normalized spacial score (nSPS) is 12.2. The highest BCUT2D eigenvalue weighted by atomic mass is 35.5. The third-order valence-electron chi connectivity index (χ3n) is 2.53. The summed E-state index contributed by atoms with van der Waals surface area (Å²) in [7, 11) is 1.56. The molecule has 0 aromatic heterocycles. The molecule has 0 aliphatic rings. The van der Waals surface area contributed by atoms with Gasteiger partial charge in [-0.1, -0.05) is 25.1 Å². The van der Waals surface area contributed by atoms with Gasteiger partial charge in [-0.25, -0.2) is 0 Å². The largest absolute Gasteiger partial charge is 0.364 e. The summed E-state index contributed by atoms with van der Waals surface area (Å²) in [5, 5.41) is -0.560. The standard InChI is InChI=1S/C13H18ClNO2/c1-4-11-7-5-6-8-12(11)15(9-17-3)13(16)10(2)14/h5-8,10H,4,9H2,1-3H3. The lowest BCUT2D eigenvalue weighted by atomic mass is 10.1. The van der Waals surface area contributed by atoms with Crippen molar-refractivity contribution in [1.29, 1.82) is 0 Å². The van der Waals surface area contributed by atoms with Gasteiger partial charge in [-0.05, 0) is 25.0 Å². The van der Waals surface area contributed by atoms with Crippen LogP contribution in [0.3, 0.4) is 0 Å². The minimum atomic E-state index is -0.560. The summed E-state index contributed by atoms with van der Waals surface area (Å²) in [5.74, 6) is -0.144. The van der Waals surface area contributed by atoms with Crippen molar-refractivity contribution in [3.05, 3.63) is 29.8 Å². The molecule has 17 heavy (non-hydrogen) atoms. The predicted molar refractivity (Wildman–Crippen MR) is 70.5 cm³/mol. The lowest BCUT2D eigenvalue weighted by Crippen LogP contribution is -2.37. The highest BCUT2D eigenvalue weighted by molar-refractivity contribution is 6.32. The second kappa shape index (κ2) is 6.62. The number of anilines is 1. The van der Waals surface area contributed by atoms with Crippen LogP contribution < -0.4 is 4.90 Å². The number of carbonyl (C=O) groups excluding carboxylic acids is 1. The highest BCUT2D eigenvalue weighted by Crippen LogP contribution is 2.22. The van der Waals surface area contributed by atoms with Gasteiger partial charge in [-0.3, -0.25) is 9.69 Å². The van der Waals surface area contributed by atoms with Crippen LogP contribution in [0, 0.1) is 0 Å². The number of hydrogen-bond donors (Lipinski definition) is 0. The topological polar surface area (TPSA) is 29.5 Å². The molecule has 0 bridgehead atoms. The SMILES string of the molecule is CCc1ccccc1N(COC)C(=O)C(C)Cl. The van der Waals surface area contributed by atoms with Crippen molar-refractivity contribution in [2.24, 2.45) is 0 Å². The van der Waals surface area contributed by atoms with Crippen LogP contribution in [0.4, 0.5) is 5.69 Å². The van der Waals surface area contributed by atoms with Crippen molar-refractivity contribution in [3.8, 4) is 0 Å². The van der Waals surface area contributed by atoms with E-state index in [-0.39, 0.29) is 12.6 Å². The maximum atomic E-state index is 12.0. The molecule has 1 atom stereocenters. The Kier molecular flexibility index (Phi) is 5.45. The number of halogens is 1. The first-order chi connectivity index (χ1) is 8.11. The van der Waals surface area contributed by atoms with Gasteiger partial charge in [0.15, 0.2) is 0 Å². The van der Waals surface area contributed by atoms with E-state index in [9.17, 15) is 4.79 Å². The zero-order valence-corrected chi connectivity index (χ0v) is 11.2. The summed E-state index contributed by atoms with van der Waals surface area (Å²) in [5.41, 5.74) is 1.98. The second-order valence-corrected chi connectivity index (χ2v) is 4.44.